The van der Waals surface area contributed by atoms with Gasteiger partial charge in [-0.15, -0.1) is 0 Å². The van der Waals surface area contributed by atoms with E-state index in [1.54, 1.807) is 0 Å². The number of hydrogen-bond acceptors (Lipinski definition) is 2. The Morgan fingerprint density at radius 1 is 1.19 bits per heavy atom. The van der Waals surface area contributed by atoms with E-state index in [4.69, 9.17) is 0 Å². The van der Waals surface area contributed by atoms with Crippen LogP contribution in [-0.2, 0) is 4.79 Å². The van der Waals surface area contributed by atoms with E-state index in [1.807, 2.05) is 0 Å². The molecule has 0 aliphatic carbocycles. The van der Waals surface area contributed by atoms with E-state index in [9.17, 15) is 9.90 Å². The number of rotatable bonds is 10. The lowest BCUT2D eigenvalue weighted by Gasteiger charge is -2.14. The predicted octanol–water partition coefficient (Wildman–Crippen LogP) is 3.07. The Hall–Kier alpha value is -0.790. The summed E-state index contributed by atoms with van der Waals surface area (Å²) < 4.78 is 0. The van der Waals surface area contributed by atoms with Crippen LogP contribution in [0.2, 0.25) is 0 Å². The van der Waals surface area contributed by atoms with E-state index in [1.165, 1.54) is 32.1 Å². The normalized spacial score (nSPS) is 12.4. The first-order valence-corrected chi connectivity index (χ1v) is 6.50. The molecule has 1 unspecified atom stereocenters. The maximum atomic E-state index is 10.4. The lowest BCUT2D eigenvalue weighted by atomic mass is 9.93. The molecule has 0 aliphatic heterocycles. The van der Waals surface area contributed by atoms with Crippen molar-refractivity contribution < 1.29 is 9.90 Å². The van der Waals surface area contributed by atoms with Gasteiger partial charge in [0.2, 0.25) is 0 Å². The van der Waals surface area contributed by atoms with Crippen LogP contribution in [0.3, 0.4) is 0 Å². The van der Waals surface area contributed by atoms with Gasteiger partial charge < -0.3 is 9.90 Å². The van der Waals surface area contributed by atoms with E-state index in [0.717, 1.165) is 18.8 Å². The minimum absolute atomic E-state index is 0.238. The molecule has 94 valence electrons. The third-order valence-corrected chi connectivity index (χ3v) is 3.17. The molecule has 1 atom stereocenters. The topological polar surface area (TPSA) is 40.1 Å². The van der Waals surface area contributed by atoms with Gasteiger partial charge in [-0.25, -0.2) is 0 Å². The van der Waals surface area contributed by atoms with Crippen LogP contribution in [0.5, 0.6) is 0 Å². The molecule has 2 nitrogen and oxygen atoms in total. The number of aliphatic carboxylic acids is 1. The molecule has 0 saturated carbocycles. The van der Waals surface area contributed by atoms with E-state index < -0.39 is 5.97 Å². The van der Waals surface area contributed by atoms with Gasteiger partial charge in [0.15, 0.2) is 0 Å². The van der Waals surface area contributed by atoms with Crippen LogP contribution >= 0.6 is 0 Å². The Morgan fingerprint density at radius 3 is 2.31 bits per heavy atom. The summed E-state index contributed by atoms with van der Waals surface area (Å²) >= 11 is 0. The summed E-state index contributed by atoms with van der Waals surface area (Å²) in [7, 11) is 0. The third kappa shape index (κ3) is 7.49. The van der Waals surface area contributed by atoms with Crippen molar-refractivity contribution in [3.8, 4) is 0 Å². The highest BCUT2D eigenvalue weighted by atomic mass is 16.4. The van der Waals surface area contributed by atoms with E-state index in [-0.39, 0.29) is 5.57 Å². The van der Waals surface area contributed by atoms with Gasteiger partial charge in [-0.1, -0.05) is 59.0 Å². The molecule has 0 heterocycles. The minimum Gasteiger partial charge on any atom is -0.545 e. The van der Waals surface area contributed by atoms with Gasteiger partial charge in [-0.3, -0.25) is 0 Å². The molecule has 0 aliphatic rings. The Balaban J connectivity index is 3.55. The van der Waals surface area contributed by atoms with E-state index in [2.05, 4.69) is 20.4 Å². The maximum Gasteiger partial charge on any atom is 0.0668 e. The van der Waals surface area contributed by atoms with Gasteiger partial charge in [-0.05, 0) is 24.3 Å². The average molecular weight is 225 g/mol. The first-order valence-electron chi connectivity index (χ1n) is 6.50. The monoisotopic (exact) mass is 225 g/mol. The molecule has 0 aromatic carbocycles. The molecule has 0 bridgehead atoms. The largest absolute Gasteiger partial charge is 0.545 e. The molecular formula is C14H25O2-. The zero-order valence-electron chi connectivity index (χ0n) is 10.8. The molecule has 0 aromatic heterocycles. The Morgan fingerprint density at radius 2 is 1.81 bits per heavy atom. The Bertz CT molecular complexity index is 209. The lowest BCUT2D eigenvalue weighted by Crippen LogP contribution is -2.23. The molecule has 0 fully saturated rings. The van der Waals surface area contributed by atoms with Gasteiger partial charge in [0, 0.05) is 0 Å². The second-order valence-electron chi connectivity index (χ2n) is 4.55. The van der Waals surface area contributed by atoms with Crippen molar-refractivity contribution in [1.82, 2.24) is 0 Å². The van der Waals surface area contributed by atoms with Crippen molar-refractivity contribution in [3.05, 3.63) is 12.2 Å². The van der Waals surface area contributed by atoms with Crippen LogP contribution in [0.15, 0.2) is 12.2 Å². The Kier molecular flexibility index (Phi) is 8.97. The quantitative estimate of drug-likeness (QED) is 0.423. The summed E-state index contributed by atoms with van der Waals surface area (Å²) in [4.78, 5) is 10.4. The van der Waals surface area contributed by atoms with Crippen LogP contribution in [0.1, 0.15) is 65.2 Å². The first kappa shape index (κ1) is 15.2. The van der Waals surface area contributed by atoms with Gasteiger partial charge in [-0.2, -0.15) is 0 Å². The summed E-state index contributed by atoms with van der Waals surface area (Å²) in [5.74, 6) is -0.283. The van der Waals surface area contributed by atoms with E-state index in [0.29, 0.717) is 6.42 Å². The molecule has 0 amide bonds. The van der Waals surface area contributed by atoms with Crippen LogP contribution in [-0.4, -0.2) is 5.97 Å². The molecular weight excluding hydrogens is 200 g/mol. The lowest BCUT2D eigenvalue weighted by molar-refractivity contribution is -0.299. The number of carbonyl (C=O) groups is 1. The molecule has 0 N–H and O–H groups in total. The highest BCUT2D eigenvalue weighted by Gasteiger charge is 2.05. The molecule has 0 saturated heterocycles. The first-order chi connectivity index (χ1) is 7.61. The molecule has 0 aromatic rings. The van der Waals surface area contributed by atoms with Crippen molar-refractivity contribution in [2.75, 3.05) is 0 Å². The fourth-order valence-corrected chi connectivity index (χ4v) is 1.92. The van der Waals surface area contributed by atoms with Gasteiger partial charge in [0.1, 0.15) is 0 Å². The van der Waals surface area contributed by atoms with Gasteiger partial charge in [0.05, 0.1) is 5.97 Å². The van der Waals surface area contributed by atoms with Crippen LogP contribution in [0.4, 0.5) is 0 Å². The zero-order chi connectivity index (χ0) is 12.4. The van der Waals surface area contributed by atoms with E-state index >= 15 is 0 Å². The van der Waals surface area contributed by atoms with Crippen molar-refractivity contribution in [1.29, 1.82) is 0 Å². The van der Waals surface area contributed by atoms with Gasteiger partial charge in [0.25, 0.3) is 0 Å². The fourth-order valence-electron chi connectivity index (χ4n) is 1.92. The standard InChI is InChI=1S/C14H26O2/c1-4-6-10-13(5-2)11-8-7-9-12(3)14(15)16/h13H,3-11H2,1-2H3,(H,15,16)/p-1. The van der Waals surface area contributed by atoms with Crippen molar-refractivity contribution in [2.24, 2.45) is 5.92 Å². The number of carboxylic acid groups (broad SMARTS) is 1. The average Bonchev–Trinajstić information content (AvgIpc) is 2.27. The summed E-state index contributed by atoms with van der Waals surface area (Å²) in [5, 5.41) is 10.4. The fraction of sp³-hybridized carbons (Fsp3) is 0.786. The SMILES string of the molecule is C=C(CCCCC(CC)CCCC)C(=O)[O-]. The van der Waals surface area contributed by atoms with Gasteiger partial charge >= 0.3 is 0 Å². The smallest absolute Gasteiger partial charge is 0.0668 e. The highest BCUT2D eigenvalue weighted by Crippen LogP contribution is 2.20. The minimum atomic E-state index is -1.10. The van der Waals surface area contributed by atoms with Crippen molar-refractivity contribution in [3.63, 3.8) is 0 Å². The summed E-state index contributed by atoms with van der Waals surface area (Å²) in [6.07, 6.45) is 8.95. The number of hydrogen-bond donors (Lipinski definition) is 0. The van der Waals surface area contributed by atoms with Crippen LogP contribution < -0.4 is 5.11 Å². The zero-order valence-corrected chi connectivity index (χ0v) is 10.8. The summed E-state index contributed by atoms with van der Waals surface area (Å²) in [5.41, 5.74) is 0.238. The van der Waals surface area contributed by atoms with Crippen molar-refractivity contribution in [2.45, 2.75) is 65.2 Å². The summed E-state index contributed by atoms with van der Waals surface area (Å²) in [6, 6.07) is 0. The third-order valence-electron chi connectivity index (χ3n) is 3.17. The Labute approximate surface area is 99.7 Å². The number of unbranched alkanes of at least 4 members (excludes halogenated alkanes) is 2. The summed E-state index contributed by atoms with van der Waals surface area (Å²) in [6.45, 7) is 7.93. The van der Waals surface area contributed by atoms with Crippen molar-refractivity contribution >= 4 is 5.97 Å². The highest BCUT2D eigenvalue weighted by molar-refractivity contribution is 5.83. The number of carboxylic acids is 1. The predicted molar refractivity (Wildman–Crippen MR) is 65.9 cm³/mol. The van der Waals surface area contributed by atoms with Crippen LogP contribution in [0, 0.1) is 5.92 Å². The molecule has 16 heavy (non-hydrogen) atoms. The second-order valence-corrected chi connectivity index (χ2v) is 4.55. The molecule has 0 spiro atoms. The van der Waals surface area contributed by atoms with Crippen LogP contribution in [0.25, 0.3) is 0 Å². The molecule has 2 heteroatoms. The maximum absolute atomic E-state index is 10.4. The molecule has 0 radical (unpaired) electrons. The second kappa shape index (κ2) is 9.44. The molecule has 0 rings (SSSR count). The number of carbonyl (C=O) groups excluding carboxylic acids is 1.